The summed E-state index contributed by atoms with van der Waals surface area (Å²) in [7, 11) is 0. The van der Waals surface area contributed by atoms with Crippen molar-refractivity contribution in [3.05, 3.63) is 33.9 Å². The Hall–Kier alpha value is -1.97. The molecule has 0 fully saturated rings. The Morgan fingerprint density at radius 2 is 1.55 bits per heavy atom. The second-order valence-electron chi connectivity index (χ2n) is 5.16. The SMILES string of the molecule is CC(=CCC1=C(C)C(=O)C(C)=C(C)C1=O)CCC(=O)O. The highest BCUT2D eigenvalue weighted by Gasteiger charge is 2.26. The fourth-order valence-electron chi connectivity index (χ4n) is 2.08. The molecular formula is C16H20O4. The summed E-state index contributed by atoms with van der Waals surface area (Å²) in [5, 5.41) is 8.62. The Balaban J connectivity index is 2.87. The van der Waals surface area contributed by atoms with Crippen LogP contribution in [0.15, 0.2) is 33.9 Å². The number of hydrogen-bond acceptors (Lipinski definition) is 3. The van der Waals surface area contributed by atoms with Crippen LogP contribution in [0.3, 0.4) is 0 Å². The van der Waals surface area contributed by atoms with Gasteiger partial charge >= 0.3 is 5.97 Å². The Morgan fingerprint density at radius 1 is 1.00 bits per heavy atom. The summed E-state index contributed by atoms with van der Waals surface area (Å²) < 4.78 is 0. The van der Waals surface area contributed by atoms with E-state index in [9.17, 15) is 14.4 Å². The maximum absolute atomic E-state index is 12.2. The Labute approximate surface area is 118 Å². The number of Topliss-reactive ketones (excluding diaryl/α,β-unsaturated/α-hetero) is 2. The van der Waals surface area contributed by atoms with Crippen molar-refractivity contribution in [1.82, 2.24) is 0 Å². The summed E-state index contributed by atoms with van der Waals surface area (Å²) in [6.45, 7) is 6.85. The Bertz CT molecular complexity index is 559. The summed E-state index contributed by atoms with van der Waals surface area (Å²) in [4.78, 5) is 34.7. The number of aliphatic carboxylic acids is 1. The predicted octanol–water partition coefficient (Wildman–Crippen LogP) is 2.99. The topological polar surface area (TPSA) is 71.4 Å². The van der Waals surface area contributed by atoms with Crippen molar-refractivity contribution in [2.24, 2.45) is 0 Å². The molecule has 0 saturated carbocycles. The van der Waals surface area contributed by atoms with Crippen LogP contribution in [0.1, 0.15) is 47.0 Å². The molecule has 0 heterocycles. The first-order chi connectivity index (χ1) is 9.25. The van der Waals surface area contributed by atoms with Crippen molar-refractivity contribution < 1.29 is 19.5 Å². The molecule has 0 radical (unpaired) electrons. The third-order valence-corrected chi connectivity index (χ3v) is 3.70. The maximum atomic E-state index is 12.2. The van der Waals surface area contributed by atoms with E-state index in [-0.39, 0.29) is 18.0 Å². The number of allylic oxidation sites excluding steroid dienone is 6. The molecule has 1 aliphatic carbocycles. The summed E-state index contributed by atoms with van der Waals surface area (Å²) in [6.07, 6.45) is 2.75. The number of carbonyl (C=O) groups excluding carboxylic acids is 2. The molecule has 0 aliphatic heterocycles. The number of rotatable bonds is 5. The summed E-state index contributed by atoms with van der Waals surface area (Å²) >= 11 is 0. The van der Waals surface area contributed by atoms with E-state index >= 15 is 0 Å². The van der Waals surface area contributed by atoms with Crippen LogP contribution >= 0.6 is 0 Å². The molecule has 0 unspecified atom stereocenters. The van der Waals surface area contributed by atoms with E-state index in [0.29, 0.717) is 35.1 Å². The minimum Gasteiger partial charge on any atom is -0.481 e. The van der Waals surface area contributed by atoms with Crippen molar-refractivity contribution in [3.8, 4) is 0 Å². The molecule has 0 spiro atoms. The van der Waals surface area contributed by atoms with E-state index in [1.807, 2.05) is 13.0 Å². The fraction of sp³-hybridized carbons (Fsp3) is 0.438. The quantitative estimate of drug-likeness (QED) is 0.619. The number of carbonyl (C=O) groups is 3. The maximum Gasteiger partial charge on any atom is 0.303 e. The molecule has 1 aliphatic rings. The molecule has 0 aromatic heterocycles. The van der Waals surface area contributed by atoms with Crippen LogP contribution < -0.4 is 0 Å². The summed E-state index contributed by atoms with van der Waals surface area (Å²) in [5.74, 6) is -0.998. The van der Waals surface area contributed by atoms with Crippen molar-refractivity contribution in [2.45, 2.75) is 47.0 Å². The molecule has 108 valence electrons. The minimum absolute atomic E-state index is 0.0747. The van der Waals surface area contributed by atoms with Gasteiger partial charge < -0.3 is 5.11 Å². The minimum atomic E-state index is -0.841. The molecule has 0 saturated heterocycles. The van der Waals surface area contributed by atoms with Gasteiger partial charge in [0.15, 0.2) is 11.6 Å². The molecule has 1 rings (SSSR count). The van der Waals surface area contributed by atoms with Crippen molar-refractivity contribution in [1.29, 1.82) is 0 Å². The molecule has 0 atom stereocenters. The lowest BCUT2D eigenvalue weighted by Gasteiger charge is -2.17. The van der Waals surface area contributed by atoms with Gasteiger partial charge in [0, 0.05) is 28.7 Å². The molecule has 0 aromatic carbocycles. The van der Waals surface area contributed by atoms with Gasteiger partial charge in [-0.05, 0) is 40.5 Å². The van der Waals surface area contributed by atoms with Gasteiger partial charge in [-0.1, -0.05) is 11.6 Å². The van der Waals surface area contributed by atoms with Crippen molar-refractivity contribution in [3.63, 3.8) is 0 Å². The third-order valence-electron chi connectivity index (χ3n) is 3.70. The Morgan fingerprint density at radius 3 is 2.10 bits per heavy atom. The molecule has 0 aromatic rings. The number of carboxylic acid groups (broad SMARTS) is 1. The molecule has 0 amide bonds. The van der Waals surface area contributed by atoms with Gasteiger partial charge in [-0.3, -0.25) is 14.4 Å². The van der Waals surface area contributed by atoms with Gasteiger partial charge in [0.25, 0.3) is 0 Å². The second-order valence-corrected chi connectivity index (χ2v) is 5.16. The first-order valence-electron chi connectivity index (χ1n) is 6.59. The van der Waals surface area contributed by atoms with E-state index in [1.54, 1.807) is 20.8 Å². The standard InChI is InChI=1S/C16H20O4/c1-9(6-8-14(17)18)5-7-13-12(4)15(19)10(2)11(3)16(13)20/h5H,6-8H2,1-4H3,(H,17,18). The Kier molecular flexibility index (Phi) is 5.19. The van der Waals surface area contributed by atoms with Crippen molar-refractivity contribution >= 4 is 17.5 Å². The lowest BCUT2D eigenvalue weighted by Crippen LogP contribution is -2.20. The van der Waals surface area contributed by atoms with E-state index in [4.69, 9.17) is 5.11 Å². The van der Waals surface area contributed by atoms with Crippen LogP contribution in [-0.2, 0) is 14.4 Å². The zero-order chi connectivity index (χ0) is 15.4. The largest absolute Gasteiger partial charge is 0.481 e. The van der Waals surface area contributed by atoms with E-state index < -0.39 is 5.97 Å². The highest BCUT2D eigenvalue weighted by atomic mass is 16.4. The first-order valence-corrected chi connectivity index (χ1v) is 6.59. The normalized spacial score (nSPS) is 17.1. The predicted molar refractivity (Wildman–Crippen MR) is 76.3 cm³/mol. The van der Waals surface area contributed by atoms with Gasteiger partial charge in [0.05, 0.1) is 0 Å². The van der Waals surface area contributed by atoms with Crippen LogP contribution in [-0.4, -0.2) is 22.6 Å². The number of carboxylic acids is 1. The van der Waals surface area contributed by atoms with E-state index in [2.05, 4.69) is 0 Å². The molecule has 4 nitrogen and oxygen atoms in total. The lowest BCUT2D eigenvalue weighted by molar-refractivity contribution is -0.137. The number of ketones is 2. The van der Waals surface area contributed by atoms with Crippen LogP contribution in [0.2, 0.25) is 0 Å². The van der Waals surface area contributed by atoms with Crippen molar-refractivity contribution in [2.75, 3.05) is 0 Å². The molecule has 0 bridgehead atoms. The highest BCUT2D eigenvalue weighted by Crippen LogP contribution is 2.26. The van der Waals surface area contributed by atoms with Crippen LogP contribution in [0, 0.1) is 0 Å². The number of hydrogen-bond donors (Lipinski definition) is 1. The molecule has 4 heteroatoms. The van der Waals surface area contributed by atoms with E-state index in [1.165, 1.54) is 0 Å². The monoisotopic (exact) mass is 276 g/mol. The van der Waals surface area contributed by atoms with Gasteiger partial charge in [0.2, 0.25) is 0 Å². The first kappa shape index (κ1) is 16.1. The summed E-state index contributed by atoms with van der Waals surface area (Å²) in [5.41, 5.74) is 2.96. The zero-order valence-electron chi connectivity index (χ0n) is 12.4. The van der Waals surface area contributed by atoms with Gasteiger partial charge in [-0.25, -0.2) is 0 Å². The lowest BCUT2D eigenvalue weighted by atomic mass is 9.84. The molecule has 20 heavy (non-hydrogen) atoms. The average molecular weight is 276 g/mol. The highest BCUT2D eigenvalue weighted by molar-refractivity contribution is 6.24. The van der Waals surface area contributed by atoms with Gasteiger partial charge in [-0.15, -0.1) is 0 Å². The molecule has 1 N–H and O–H groups in total. The van der Waals surface area contributed by atoms with E-state index in [0.717, 1.165) is 5.57 Å². The zero-order valence-corrected chi connectivity index (χ0v) is 12.4. The third kappa shape index (κ3) is 3.53. The average Bonchev–Trinajstić information content (AvgIpc) is 2.40. The van der Waals surface area contributed by atoms with Crippen LogP contribution in [0.5, 0.6) is 0 Å². The van der Waals surface area contributed by atoms with Gasteiger partial charge in [0.1, 0.15) is 0 Å². The molecular weight excluding hydrogens is 256 g/mol. The van der Waals surface area contributed by atoms with Crippen LogP contribution in [0.25, 0.3) is 0 Å². The second kappa shape index (κ2) is 6.46. The smallest absolute Gasteiger partial charge is 0.303 e. The van der Waals surface area contributed by atoms with Gasteiger partial charge in [-0.2, -0.15) is 0 Å². The van der Waals surface area contributed by atoms with Crippen LogP contribution in [0.4, 0.5) is 0 Å². The summed E-state index contributed by atoms with van der Waals surface area (Å²) in [6, 6.07) is 0. The fourth-order valence-corrected chi connectivity index (χ4v) is 2.08.